The fraction of sp³-hybridized carbons (Fsp3) is 0.250. The van der Waals surface area contributed by atoms with Crippen molar-refractivity contribution in [2.24, 2.45) is 4.99 Å². The Morgan fingerprint density at radius 1 is 2.00 bits per heavy atom. The molecular formula is C4H6N2. The second-order valence-electron chi connectivity index (χ2n) is 1.11. The second-order valence-corrected chi connectivity index (χ2v) is 1.11. The van der Waals surface area contributed by atoms with E-state index < -0.39 is 0 Å². The first kappa shape index (κ1) is 3.56. The largest absolute Gasteiger partial charge is 0.382 e. The summed E-state index contributed by atoms with van der Waals surface area (Å²) < 4.78 is 0. The number of nitrogens with two attached hydrogens (primary N) is 1. The average molecular weight is 82.1 g/mol. The van der Waals surface area contributed by atoms with Gasteiger partial charge in [-0.1, -0.05) is 0 Å². The second kappa shape index (κ2) is 1.22. The van der Waals surface area contributed by atoms with Gasteiger partial charge in [0.25, 0.3) is 0 Å². The van der Waals surface area contributed by atoms with Crippen LogP contribution in [0.3, 0.4) is 0 Å². The van der Waals surface area contributed by atoms with Crippen LogP contribution in [0.4, 0.5) is 0 Å². The molecule has 0 radical (unpaired) electrons. The van der Waals surface area contributed by atoms with Gasteiger partial charge in [-0.05, 0) is 12.4 Å². The lowest BCUT2D eigenvalue weighted by Gasteiger charge is -2.04. The minimum Gasteiger partial charge on any atom is -0.382 e. The molecule has 0 bridgehead atoms. The van der Waals surface area contributed by atoms with Crippen molar-refractivity contribution in [1.29, 1.82) is 0 Å². The quantitative estimate of drug-likeness (QED) is 0.392. The fourth-order valence-electron chi connectivity index (χ4n) is 0.278. The van der Waals surface area contributed by atoms with E-state index in [9.17, 15) is 0 Å². The lowest BCUT2D eigenvalue weighted by Crippen LogP contribution is -2.78. The van der Waals surface area contributed by atoms with E-state index in [1.54, 1.807) is 6.20 Å². The van der Waals surface area contributed by atoms with E-state index in [0.29, 0.717) is 0 Å². The number of allylic oxidation sites excluding steroid dienone is 1. The molecule has 2 N–H and O–H groups in total. The fourth-order valence-corrected chi connectivity index (χ4v) is 0.278. The number of aliphatic imine (C=N–C) groups is 1. The van der Waals surface area contributed by atoms with E-state index >= 15 is 0 Å². The van der Waals surface area contributed by atoms with E-state index in [1.165, 1.54) is 0 Å². The molecule has 0 aromatic rings. The van der Waals surface area contributed by atoms with Crippen LogP contribution >= 0.6 is 0 Å². The van der Waals surface area contributed by atoms with Crippen molar-refractivity contribution in [3.63, 3.8) is 0 Å². The van der Waals surface area contributed by atoms with E-state index in [1.807, 2.05) is 12.4 Å². The van der Waals surface area contributed by atoms with Gasteiger partial charge >= 0.3 is 0 Å². The number of quaternary nitrogens is 1. The third-order valence-corrected chi connectivity index (χ3v) is 0.708. The number of hydrogen-bond acceptors (Lipinski definition) is 1. The molecule has 1 heterocycles. The monoisotopic (exact) mass is 82.1 g/mol. The smallest absolute Gasteiger partial charge is 0.0681 e. The van der Waals surface area contributed by atoms with E-state index in [-0.39, 0.29) is 0 Å². The maximum absolute atomic E-state index is 3.63. The molecule has 1 aliphatic rings. The summed E-state index contributed by atoms with van der Waals surface area (Å²) in [5.74, 6) is 0. The Morgan fingerprint density at radius 2 is 2.67 bits per heavy atom. The van der Waals surface area contributed by atoms with Crippen LogP contribution in [0.1, 0.15) is 0 Å². The molecule has 0 atom stereocenters. The first-order chi connectivity index (χ1) is 2.93. The zero-order valence-electron chi connectivity index (χ0n) is 3.60. The predicted octanol–water partition coefficient (Wildman–Crippen LogP) is -1.02. The average Bonchev–Trinajstić information content (AvgIpc) is 1.31. The normalized spacial score (nSPS) is 16.5. The summed E-state index contributed by atoms with van der Waals surface area (Å²) in [4.78, 5) is 3.63. The van der Waals surface area contributed by atoms with Gasteiger partial charge < -0.3 is 10.3 Å². The maximum atomic E-state index is 3.63. The molecule has 0 aliphatic carbocycles. The highest BCUT2D eigenvalue weighted by Crippen LogP contribution is 1.86. The highest BCUT2D eigenvalue weighted by atomic mass is 14.9. The molecule has 2 heteroatoms. The third-order valence-electron chi connectivity index (χ3n) is 0.708. The minimum absolute atomic E-state index is 1.11. The lowest BCUT2D eigenvalue weighted by atomic mass is 10.4. The van der Waals surface area contributed by atoms with Crippen LogP contribution in [0.2, 0.25) is 0 Å². The van der Waals surface area contributed by atoms with Crippen molar-refractivity contribution >= 4 is 6.21 Å². The molecule has 0 amide bonds. The van der Waals surface area contributed by atoms with Crippen LogP contribution in [0.25, 0.3) is 0 Å². The van der Waals surface area contributed by atoms with Crippen LogP contribution in [-0.2, 0) is 0 Å². The molecule has 0 aromatic heterocycles. The summed E-state index contributed by atoms with van der Waals surface area (Å²) in [7, 11) is 1.97. The van der Waals surface area contributed by atoms with E-state index in [2.05, 4.69) is 11.2 Å². The Bertz CT molecular complexity index is 102. The Kier molecular flexibility index (Phi) is 0.725. The first-order valence-electron chi connectivity index (χ1n) is 1.89. The van der Waals surface area contributed by atoms with Crippen molar-refractivity contribution in [1.82, 2.24) is 0 Å². The number of nitrogens with zero attached hydrogens (tertiary/aromatic N) is 1. The van der Waals surface area contributed by atoms with Gasteiger partial charge in [0, 0.05) is 0 Å². The predicted molar refractivity (Wildman–Crippen MR) is 23.4 cm³/mol. The van der Waals surface area contributed by atoms with Crippen molar-refractivity contribution in [2.75, 3.05) is 7.05 Å². The number of hydrogen-bond donors (Lipinski definition) is 1. The SMILES string of the molecule is C[NH2+]C1=CN=[C-]1. The Labute approximate surface area is 36.6 Å². The van der Waals surface area contributed by atoms with Gasteiger partial charge in [-0.15, -0.1) is 0 Å². The zero-order chi connectivity index (χ0) is 4.41. The van der Waals surface area contributed by atoms with Gasteiger partial charge in [0.1, 0.15) is 0 Å². The molecule has 0 saturated heterocycles. The van der Waals surface area contributed by atoms with Crippen LogP contribution < -0.4 is 5.32 Å². The van der Waals surface area contributed by atoms with Gasteiger partial charge in [-0.25, -0.2) is 0 Å². The maximum Gasteiger partial charge on any atom is 0.0681 e. The van der Waals surface area contributed by atoms with Crippen molar-refractivity contribution < 1.29 is 5.32 Å². The summed E-state index contributed by atoms with van der Waals surface area (Å²) >= 11 is 0. The van der Waals surface area contributed by atoms with Gasteiger partial charge in [0.2, 0.25) is 0 Å². The first-order valence-corrected chi connectivity index (χ1v) is 1.89. The van der Waals surface area contributed by atoms with E-state index in [4.69, 9.17) is 0 Å². The van der Waals surface area contributed by atoms with Crippen LogP contribution in [0.5, 0.6) is 0 Å². The topological polar surface area (TPSA) is 29.0 Å². The van der Waals surface area contributed by atoms with Crippen LogP contribution in [0, 0.1) is 0 Å². The molecule has 32 valence electrons. The molecule has 0 saturated carbocycles. The molecule has 6 heavy (non-hydrogen) atoms. The Morgan fingerprint density at radius 3 is 2.67 bits per heavy atom. The van der Waals surface area contributed by atoms with E-state index in [0.717, 1.165) is 5.70 Å². The highest BCUT2D eigenvalue weighted by Gasteiger charge is 1.86. The molecule has 1 aliphatic heterocycles. The summed E-state index contributed by atoms with van der Waals surface area (Å²) in [6, 6.07) is 0. The third kappa shape index (κ3) is 0.348. The van der Waals surface area contributed by atoms with Crippen molar-refractivity contribution in [3.05, 3.63) is 11.9 Å². The summed E-state index contributed by atoms with van der Waals surface area (Å²) in [5, 5.41) is 1.97. The van der Waals surface area contributed by atoms with Crippen LogP contribution in [-0.4, -0.2) is 13.3 Å². The minimum atomic E-state index is 1.11. The molecule has 0 unspecified atom stereocenters. The number of rotatable bonds is 1. The molecule has 2 nitrogen and oxygen atoms in total. The molecule has 0 fully saturated rings. The van der Waals surface area contributed by atoms with Gasteiger partial charge in [0.05, 0.1) is 12.7 Å². The summed E-state index contributed by atoms with van der Waals surface area (Å²) in [5.41, 5.74) is 1.11. The molecule has 0 spiro atoms. The van der Waals surface area contributed by atoms with Gasteiger partial charge in [0.15, 0.2) is 0 Å². The van der Waals surface area contributed by atoms with Gasteiger partial charge in [-0.3, -0.25) is 0 Å². The standard InChI is InChI=1S/C4H5N2/c1-5-4-2-6-3-4/h2,5H,1H3/q-1/p+1. The molecule has 1 rings (SSSR count). The lowest BCUT2D eigenvalue weighted by molar-refractivity contribution is -0.568. The highest BCUT2D eigenvalue weighted by molar-refractivity contribution is 5.80. The summed E-state index contributed by atoms with van der Waals surface area (Å²) in [6.45, 7) is 0. The summed E-state index contributed by atoms with van der Waals surface area (Å²) in [6.07, 6.45) is 4.50. The van der Waals surface area contributed by atoms with Gasteiger partial charge in [-0.2, -0.15) is 0 Å². The Hall–Kier alpha value is -0.630. The molecular weight excluding hydrogens is 76.1 g/mol. The zero-order valence-corrected chi connectivity index (χ0v) is 3.60. The van der Waals surface area contributed by atoms with Crippen molar-refractivity contribution in [2.45, 2.75) is 0 Å². The molecule has 0 aromatic carbocycles. The van der Waals surface area contributed by atoms with Crippen LogP contribution in [0.15, 0.2) is 16.9 Å². The Balaban J connectivity index is 2.37. The van der Waals surface area contributed by atoms with Crippen molar-refractivity contribution in [3.8, 4) is 0 Å².